The number of carboxylic acid groups (broad SMARTS) is 1. The van der Waals surface area contributed by atoms with Crippen LogP contribution in [0.4, 0.5) is 0 Å². The molecule has 3 atom stereocenters. The highest BCUT2D eigenvalue weighted by Crippen LogP contribution is 2.43. The molecule has 0 fully saturated rings. The Morgan fingerprint density at radius 2 is 0.887 bits per heavy atom. The topological polar surface area (TPSA) is 172 Å². The number of hydrogen-bond donors (Lipinski definition) is 3. The summed E-state index contributed by atoms with van der Waals surface area (Å²) < 4.78 is 32.7. The summed E-state index contributed by atoms with van der Waals surface area (Å²) in [6.45, 7) is 2.67. The molecular weight excluding hydrogens is 806 g/mol. The van der Waals surface area contributed by atoms with E-state index in [9.17, 15) is 23.8 Å². The average molecular weight is 890 g/mol. The number of esters is 2. The number of ether oxygens (including phenoxy) is 2. The lowest BCUT2D eigenvalue weighted by atomic mass is 10.1. The minimum absolute atomic E-state index is 0.0328. The summed E-state index contributed by atoms with van der Waals surface area (Å²) in [5.74, 6) is -2.50. The van der Waals surface area contributed by atoms with Crippen LogP contribution in [0.15, 0.2) is 85.1 Å². The Hall–Kier alpha value is -3.34. The maximum atomic E-state index is 12.6. The first kappa shape index (κ1) is 58.7. The molecular formula is C50H84NO10P. The van der Waals surface area contributed by atoms with E-state index >= 15 is 0 Å². The summed E-state index contributed by atoms with van der Waals surface area (Å²) >= 11 is 0. The van der Waals surface area contributed by atoms with E-state index in [1.54, 1.807) is 0 Å². The molecule has 0 aliphatic rings. The number of carbonyl (C=O) groups excluding carboxylic acids is 2. The summed E-state index contributed by atoms with van der Waals surface area (Å²) in [6, 6.07) is -1.54. The number of nitrogens with two attached hydrogens (primary N) is 1. The lowest BCUT2D eigenvalue weighted by Crippen LogP contribution is -2.34. The van der Waals surface area contributed by atoms with Gasteiger partial charge in [0.2, 0.25) is 0 Å². The second kappa shape index (κ2) is 44.3. The molecule has 62 heavy (non-hydrogen) atoms. The van der Waals surface area contributed by atoms with Crippen molar-refractivity contribution in [2.45, 2.75) is 193 Å². The molecule has 0 aromatic heterocycles. The standard InChI is InChI=1S/C50H84NO10P/c1-3-5-7-9-11-13-15-17-19-21-23-25-27-29-31-33-35-37-39-41-48(52)58-43-46(44-59-62(56,57)60-45-47(51)50(54)55)61-49(53)42-40-38-36-34-32-30-28-26-24-22-20-18-16-14-12-10-8-6-4-2/h11-14,17-20,24,26,30,32,36,38,46-47H,3-10,15-16,21-23,25,27-29,31,33-35,37,39-45,51H2,1-2H3,(H,54,55)(H,56,57)/b13-11-,14-12-,19-17-,20-18-,26-24-,32-30-,38-36-/t46-,47+/m1/s1. The molecule has 0 aliphatic carbocycles. The van der Waals surface area contributed by atoms with Gasteiger partial charge in [-0.15, -0.1) is 0 Å². The molecule has 0 aromatic carbocycles. The first-order chi connectivity index (χ1) is 30.1. The molecule has 0 rings (SSSR count). The predicted octanol–water partition coefficient (Wildman–Crippen LogP) is 13.1. The van der Waals surface area contributed by atoms with Crippen molar-refractivity contribution in [3.63, 3.8) is 0 Å². The van der Waals surface area contributed by atoms with Gasteiger partial charge in [-0.3, -0.25) is 23.4 Å². The Labute approximate surface area is 375 Å². The van der Waals surface area contributed by atoms with E-state index in [4.69, 9.17) is 24.8 Å². The quantitative estimate of drug-likeness (QED) is 0.0230. The largest absolute Gasteiger partial charge is 0.480 e. The van der Waals surface area contributed by atoms with E-state index in [0.717, 1.165) is 57.8 Å². The van der Waals surface area contributed by atoms with Gasteiger partial charge in [0.15, 0.2) is 6.10 Å². The van der Waals surface area contributed by atoms with Crippen LogP contribution in [0.2, 0.25) is 0 Å². The summed E-state index contributed by atoms with van der Waals surface area (Å²) in [5.41, 5.74) is 5.34. The fourth-order valence-electron chi connectivity index (χ4n) is 5.90. The molecule has 11 nitrogen and oxygen atoms in total. The fourth-order valence-corrected chi connectivity index (χ4v) is 6.68. The minimum Gasteiger partial charge on any atom is -0.480 e. The molecule has 354 valence electrons. The molecule has 1 unspecified atom stereocenters. The van der Waals surface area contributed by atoms with E-state index < -0.39 is 51.1 Å². The molecule has 0 heterocycles. The number of allylic oxidation sites excluding steroid dienone is 14. The zero-order valence-electron chi connectivity index (χ0n) is 38.4. The lowest BCUT2D eigenvalue weighted by molar-refractivity contribution is -0.161. The number of aliphatic carboxylic acids is 1. The molecule has 0 aliphatic heterocycles. The molecule has 0 aromatic rings. The summed E-state index contributed by atoms with van der Waals surface area (Å²) in [6.07, 6.45) is 55.1. The maximum absolute atomic E-state index is 12.6. The predicted molar refractivity (Wildman–Crippen MR) is 254 cm³/mol. The average Bonchev–Trinajstić information content (AvgIpc) is 3.25. The third-order valence-electron chi connectivity index (χ3n) is 9.63. The van der Waals surface area contributed by atoms with E-state index in [1.807, 2.05) is 12.2 Å². The van der Waals surface area contributed by atoms with E-state index in [0.29, 0.717) is 19.3 Å². The van der Waals surface area contributed by atoms with Crippen LogP contribution in [-0.4, -0.2) is 59.9 Å². The molecule has 4 N–H and O–H groups in total. The molecule has 0 spiro atoms. The number of hydrogen-bond acceptors (Lipinski definition) is 9. The molecule has 0 amide bonds. The summed E-state index contributed by atoms with van der Waals surface area (Å²) in [7, 11) is -4.75. The molecule has 0 bridgehead atoms. The number of phosphoric ester groups is 1. The number of rotatable bonds is 43. The van der Waals surface area contributed by atoms with Gasteiger partial charge in [0.25, 0.3) is 0 Å². The van der Waals surface area contributed by atoms with E-state index in [2.05, 4.69) is 91.3 Å². The zero-order chi connectivity index (χ0) is 45.6. The van der Waals surface area contributed by atoms with Gasteiger partial charge in [0.05, 0.1) is 13.2 Å². The van der Waals surface area contributed by atoms with Crippen LogP contribution in [0.5, 0.6) is 0 Å². The SMILES string of the molecule is CCCCC/C=C\C/C=C\C/C=C\C/C=C\C/C=C\CCC(=O)O[C@H](COC(=O)CCCCCCCCCCC/C=C\C/C=C\CCCCC)COP(=O)(O)OC[C@H](N)C(=O)O. The van der Waals surface area contributed by atoms with Gasteiger partial charge in [0, 0.05) is 12.8 Å². The van der Waals surface area contributed by atoms with E-state index in [-0.39, 0.29) is 19.4 Å². The van der Waals surface area contributed by atoms with Gasteiger partial charge in [0.1, 0.15) is 12.6 Å². The highest BCUT2D eigenvalue weighted by molar-refractivity contribution is 7.47. The lowest BCUT2D eigenvalue weighted by Gasteiger charge is -2.20. The maximum Gasteiger partial charge on any atom is 0.472 e. The van der Waals surface area contributed by atoms with Crippen LogP contribution in [-0.2, 0) is 37.5 Å². The third kappa shape index (κ3) is 43.3. The van der Waals surface area contributed by atoms with Crippen molar-refractivity contribution >= 4 is 25.7 Å². The Kier molecular flexibility index (Phi) is 41.9. The van der Waals surface area contributed by atoms with Crippen LogP contribution in [0, 0.1) is 0 Å². The van der Waals surface area contributed by atoms with Gasteiger partial charge in [-0.05, 0) is 83.5 Å². The molecule has 0 radical (unpaired) electrons. The third-order valence-corrected chi connectivity index (χ3v) is 10.6. The zero-order valence-corrected chi connectivity index (χ0v) is 39.3. The Balaban J connectivity index is 4.45. The molecule has 0 saturated carbocycles. The van der Waals surface area contributed by atoms with Crippen LogP contribution in [0.1, 0.15) is 181 Å². The number of carbonyl (C=O) groups is 3. The Morgan fingerprint density at radius 3 is 1.34 bits per heavy atom. The van der Waals surface area contributed by atoms with Crippen molar-refractivity contribution < 1.29 is 47.5 Å². The monoisotopic (exact) mass is 890 g/mol. The first-order valence-electron chi connectivity index (χ1n) is 23.6. The normalized spacial score (nSPS) is 14.4. The Morgan fingerprint density at radius 1 is 0.500 bits per heavy atom. The van der Waals surface area contributed by atoms with Crippen molar-refractivity contribution in [1.82, 2.24) is 0 Å². The highest BCUT2D eigenvalue weighted by atomic mass is 31.2. The second-order valence-electron chi connectivity index (χ2n) is 15.5. The molecule has 12 heteroatoms. The van der Waals surface area contributed by atoms with E-state index in [1.165, 1.54) is 77.0 Å². The van der Waals surface area contributed by atoms with Crippen molar-refractivity contribution in [2.24, 2.45) is 5.73 Å². The molecule has 0 saturated heterocycles. The van der Waals surface area contributed by atoms with Gasteiger partial charge < -0.3 is 25.2 Å². The second-order valence-corrected chi connectivity index (χ2v) is 17.0. The van der Waals surface area contributed by atoms with Crippen molar-refractivity contribution in [2.75, 3.05) is 19.8 Å². The smallest absolute Gasteiger partial charge is 0.472 e. The first-order valence-corrected chi connectivity index (χ1v) is 25.1. The van der Waals surface area contributed by atoms with Gasteiger partial charge in [-0.2, -0.15) is 0 Å². The Bertz CT molecular complexity index is 1370. The van der Waals surface area contributed by atoms with Crippen LogP contribution < -0.4 is 5.73 Å². The summed E-state index contributed by atoms with van der Waals surface area (Å²) in [5, 5.41) is 8.90. The minimum atomic E-state index is -4.75. The van der Waals surface area contributed by atoms with Crippen LogP contribution in [0.25, 0.3) is 0 Å². The van der Waals surface area contributed by atoms with Gasteiger partial charge in [-0.25, -0.2) is 4.57 Å². The van der Waals surface area contributed by atoms with Crippen molar-refractivity contribution in [3.8, 4) is 0 Å². The van der Waals surface area contributed by atoms with Crippen molar-refractivity contribution in [1.29, 1.82) is 0 Å². The number of phosphoric acid groups is 1. The van der Waals surface area contributed by atoms with Crippen LogP contribution >= 0.6 is 7.82 Å². The van der Waals surface area contributed by atoms with Gasteiger partial charge in [-0.1, -0.05) is 170 Å². The fraction of sp³-hybridized carbons (Fsp3) is 0.660. The number of unbranched alkanes of at least 4 members (excludes halogenated alkanes) is 15. The highest BCUT2D eigenvalue weighted by Gasteiger charge is 2.28. The van der Waals surface area contributed by atoms with Crippen molar-refractivity contribution in [3.05, 3.63) is 85.1 Å². The van der Waals surface area contributed by atoms with Crippen LogP contribution in [0.3, 0.4) is 0 Å². The van der Waals surface area contributed by atoms with Gasteiger partial charge >= 0.3 is 25.7 Å². The summed E-state index contributed by atoms with van der Waals surface area (Å²) in [4.78, 5) is 46.0. The number of carboxylic acids is 1.